The number of methoxy groups -OCH3 is 1. The maximum Gasteiger partial charge on any atom is 0.243 e. The summed E-state index contributed by atoms with van der Waals surface area (Å²) in [4.78, 5) is 1.68. The number of sulfonamides is 1. The number of hydrogen-bond acceptors (Lipinski definition) is 4. The Hall–Kier alpha value is -1.62. The Morgan fingerprint density at radius 3 is 2.45 bits per heavy atom. The highest BCUT2D eigenvalue weighted by Crippen LogP contribution is 2.19. The second-order valence-corrected chi connectivity index (χ2v) is 7.28. The Labute approximate surface area is 131 Å². The molecule has 6 nitrogen and oxygen atoms in total. The second kappa shape index (κ2) is 7.58. The van der Waals surface area contributed by atoms with Crippen molar-refractivity contribution in [2.45, 2.75) is 17.7 Å². The summed E-state index contributed by atoms with van der Waals surface area (Å²) in [7, 11) is -1.87. The Morgan fingerprint density at radius 1 is 1.27 bits per heavy atom. The van der Waals surface area contributed by atoms with Crippen LogP contribution in [0.5, 0.6) is 5.75 Å². The first-order valence-electron chi connectivity index (χ1n) is 7.42. The van der Waals surface area contributed by atoms with Crippen molar-refractivity contribution in [1.29, 1.82) is 5.26 Å². The van der Waals surface area contributed by atoms with Crippen molar-refractivity contribution in [2.24, 2.45) is 0 Å². The summed E-state index contributed by atoms with van der Waals surface area (Å²) in [6.07, 6.45) is 1.44. The molecule has 7 heteroatoms. The molecular weight excluding hydrogens is 302 g/mol. The summed E-state index contributed by atoms with van der Waals surface area (Å²) in [6, 6.07) is 8.63. The molecule has 0 spiro atoms. The maximum absolute atomic E-state index is 12.6. The third-order valence-electron chi connectivity index (χ3n) is 3.95. The summed E-state index contributed by atoms with van der Waals surface area (Å²) >= 11 is 0. The molecule has 0 atom stereocenters. The van der Waals surface area contributed by atoms with E-state index in [0.29, 0.717) is 30.2 Å². The van der Waals surface area contributed by atoms with Crippen LogP contribution in [0.15, 0.2) is 29.2 Å². The molecule has 1 aliphatic rings. The summed E-state index contributed by atoms with van der Waals surface area (Å²) in [6.45, 7) is 3.57. The molecule has 22 heavy (non-hydrogen) atoms. The van der Waals surface area contributed by atoms with Gasteiger partial charge >= 0.3 is 0 Å². The predicted molar refractivity (Wildman–Crippen MR) is 82.2 cm³/mol. The number of piperazine rings is 1. The first kappa shape index (κ1) is 16.7. The van der Waals surface area contributed by atoms with Crippen LogP contribution in [0.1, 0.15) is 12.8 Å². The molecule has 0 unspecified atom stereocenters. The first-order chi connectivity index (χ1) is 10.6. The van der Waals surface area contributed by atoms with E-state index in [-0.39, 0.29) is 0 Å². The highest BCUT2D eigenvalue weighted by atomic mass is 32.2. The third-order valence-corrected chi connectivity index (χ3v) is 5.86. The van der Waals surface area contributed by atoms with Crippen LogP contribution in [0, 0.1) is 11.3 Å². The number of nitrogens with zero attached hydrogens (tertiary/aromatic N) is 2. The van der Waals surface area contributed by atoms with Crippen molar-refractivity contribution in [3.8, 4) is 11.8 Å². The third kappa shape index (κ3) is 3.97. The van der Waals surface area contributed by atoms with Gasteiger partial charge in [0, 0.05) is 12.8 Å². The lowest BCUT2D eigenvalue weighted by molar-refractivity contribution is -0.903. The van der Waals surface area contributed by atoms with Crippen LogP contribution in [-0.2, 0) is 10.0 Å². The van der Waals surface area contributed by atoms with Gasteiger partial charge in [-0.15, -0.1) is 0 Å². The van der Waals surface area contributed by atoms with Crippen molar-refractivity contribution in [1.82, 2.24) is 4.31 Å². The fraction of sp³-hybridized carbons (Fsp3) is 0.533. The van der Waals surface area contributed by atoms with Crippen molar-refractivity contribution in [3.05, 3.63) is 24.3 Å². The lowest BCUT2D eigenvalue weighted by Crippen LogP contribution is -3.14. The zero-order valence-corrected chi connectivity index (χ0v) is 13.6. The van der Waals surface area contributed by atoms with E-state index in [0.717, 1.165) is 26.1 Å². The summed E-state index contributed by atoms with van der Waals surface area (Å²) in [5, 5.41) is 8.55. The molecule has 0 bridgehead atoms. The predicted octanol–water partition coefficient (Wildman–Crippen LogP) is -0.112. The van der Waals surface area contributed by atoms with Crippen LogP contribution in [0.3, 0.4) is 0 Å². The number of unbranched alkanes of at least 4 members (excludes halogenated alkanes) is 1. The number of nitrogens with one attached hydrogen (secondary N) is 1. The van der Waals surface area contributed by atoms with Gasteiger partial charge in [-0.05, 0) is 24.3 Å². The highest BCUT2D eigenvalue weighted by Gasteiger charge is 2.30. The molecule has 0 radical (unpaired) electrons. The van der Waals surface area contributed by atoms with Crippen molar-refractivity contribution in [3.63, 3.8) is 0 Å². The number of quaternary nitrogens is 1. The van der Waals surface area contributed by atoms with Gasteiger partial charge in [-0.2, -0.15) is 9.57 Å². The highest BCUT2D eigenvalue weighted by molar-refractivity contribution is 7.89. The molecule has 0 aromatic heterocycles. The quantitative estimate of drug-likeness (QED) is 0.741. The standard InChI is InChI=1S/C15H21N3O3S/c1-21-14-4-6-15(7-5-14)22(19,20)18-12-10-17(11-13-18)9-3-2-8-16/h4-7H,2-3,9-13H2,1H3/p+1. The smallest absolute Gasteiger partial charge is 0.243 e. The first-order valence-corrected chi connectivity index (χ1v) is 8.86. The van der Waals surface area contributed by atoms with Crippen LogP contribution in [-0.4, -0.2) is 52.6 Å². The van der Waals surface area contributed by atoms with Crippen LogP contribution in [0.4, 0.5) is 0 Å². The van der Waals surface area contributed by atoms with Gasteiger partial charge in [0.15, 0.2) is 0 Å². The molecule has 1 saturated heterocycles. The molecule has 1 aromatic rings. The molecule has 120 valence electrons. The maximum atomic E-state index is 12.6. The molecule has 1 fully saturated rings. The monoisotopic (exact) mass is 324 g/mol. The number of hydrogen-bond donors (Lipinski definition) is 1. The van der Waals surface area contributed by atoms with Crippen LogP contribution in [0.25, 0.3) is 0 Å². The van der Waals surface area contributed by atoms with Gasteiger partial charge in [-0.3, -0.25) is 0 Å². The van der Waals surface area contributed by atoms with Gasteiger partial charge < -0.3 is 9.64 Å². The van der Waals surface area contributed by atoms with Crippen LogP contribution >= 0.6 is 0 Å². The van der Waals surface area contributed by atoms with Gasteiger partial charge in [-0.25, -0.2) is 8.42 Å². The average Bonchev–Trinajstić information content (AvgIpc) is 2.55. The number of ether oxygens (including phenoxy) is 1. The minimum absolute atomic E-state index is 0.307. The van der Waals surface area contributed by atoms with Crippen molar-refractivity contribution < 1.29 is 18.1 Å². The molecule has 1 aromatic carbocycles. The van der Waals surface area contributed by atoms with Gasteiger partial charge in [0.05, 0.1) is 50.8 Å². The molecule has 0 saturated carbocycles. The number of rotatable bonds is 6. The zero-order chi connectivity index (χ0) is 16.0. The van der Waals surface area contributed by atoms with E-state index >= 15 is 0 Å². The van der Waals surface area contributed by atoms with E-state index in [1.54, 1.807) is 35.7 Å². The van der Waals surface area contributed by atoms with Gasteiger partial charge in [0.25, 0.3) is 0 Å². The molecule has 2 rings (SSSR count). The van der Waals surface area contributed by atoms with E-state index in [4.69, 9.17) is 10.00 Å². The number of nitriles is 1. The minimum atomic E-state index is -3.42. The molecule has 0 aliphatic carbocycles. The normalized spacial score (nSPS) is 17.1. The van der Waals surface area contributed by atoms with Crippen molar-refractivity contribution >= 4 is 10.0 Å². The van der Waals surface area contributed by atoms with E-state index in [1.165, 1.54) is 4.90 Å². The van der Waals surface area contributed by atoms with Crippen LogP contribution < -0.4 is 9.64 Å². The number of benzene rings is 1. The lowest BCUT2D eigenvalue weighted by atomic mass is 10.3. The van der Waals surface area contributed by atoms with E-state index in [9.17, 15) is 8.42 Å². The Bertz CT molecular complexity index is 614. The minimum Gasteiger partial charge on any atom is -0.497 e. The van der Waals surface area contributed by atoms with E-state index in [1.807, 2.05) is 0 Å². The fourth-order valence-corrected chi connectivity index (χ4v) is 4.05. The van der Waals surface area contributed by atoms with E-state index in [2.05, 4.69) is 6.07 Å². The Kier molecular flexibility index (Phi) is 5.77. The molecule has 1 aliphatic heterocycles. The SMILES string of the molecule is COc1ccc(S(=O)(=O)N2CC[NH+](CCCC#N)CC2)cc1. The fourth-order valence-electron chi connectivity index (χ4n) is 2.61. The van der Waals surface area contributed by atoms with Gasteiger partial charge in [0.2, 0.25) is 10.0 Å². The largest absolute Gasteiger partial charge is 0.497 e. The van der Waals surface area contributed by atoms with Gasteiger partial charge in [-0.1, -0.05) is 0 Å². The molecular formula is C15H22N3O3S+. The Balaban J connectivity index is 1.95. The molecule has 0 amide bonds. The van der Waals surface area contributed by atoms with Gasteiger partial charge in [0.1, 0.15) is 5.75 Å². The summed E-state index contributed by atoms with van der Waals surface area (Å²) in [5.41, 5.74) is 0. The average molecular weight is 324 g/mol. The Morgan fingerprint density at radius 2 is 1.91 bits per heavy atom. The lowest BCUT2D eigenvalue weighted by Gasteiger charge is -2.31. The van der Waals surface area contributed by atoms with Crippen molar-refractivity contribution in [2.75, 3.05) is 39.8 Å². The topological polar surface area (TPSA) is 74.8 Å². The zero-order valence-electron chi connectivity index (χ0n) is 12.8. The molecule has 1 heterocycles. The molecule has 1 N–H and O–H groups in total. The summed E-state index contributed by atoms with van der Waals surface area (Å²) in [5.74, 6) is 0.644. The van der Waals surface area contributed by atoms with E-state index < -0.39 is 10.0 Å². The van der Waals surface area contributed by atoms with Crippen LogP contribution in [0.2, 0.25) is 0 Å². The summed E-state index contributed by atoms with van der Waals surface area (Å²) < 4.78 is 31.8. The second-order valence-electron chi connectivity index (χ2n) is 5.34.